The van der Waals surface area contributed by atoms with Crippen molar-refractivity contribution in [3.63, 3.8) is 0 Å². The third-order valence-corrected chi connectivity index (χ3v) is 8.53. The predicted octanol–water partition coefficient (Wildman–Crippen LogP) is 1.70. The van der Waals surface area contributed by atoms with Crippen molar-refractivity contribution in [3.8, 4) is 0 Å². The highest BCUT2D eigenvalue weighted by Crippen LogP contribution is 2.27. The highest BCUT2D eigenvalue weighted by Gasteiger charge is 2.38. The number of hydrogen-bond donors (Lipinski definition) is 1. The van der Waals surface area contributed by atoms with Gasteiger partial charge in [-0.1, -0.05) is 42.5 Å². The highest BCUT2D eigenvalue weighted by atomic mass is 32.2. The first-order valence-corrected chi connectivity index (χ1v) is 12.5. The molecular weight excluding hydrogens is 412 g/mol. The van der Waals surface area contributed by atoms with Crippen LogP contribution in [0.15, 0.2) is 59.5 Å². The zero-order valence-electron chi connectivity index (χ0n) is 16.1. The zero-order chi connectivity index (χ0) is 21.1. The van der Waals surface area contributed by atoms with Gasteiger partial charge in [0, 0.05) is 26.1 Å². The molecule has 1 aliphatic rings. The van der Waals surface area contributed by atoms with Gasteiger partial charge in [0.2, 0.25) is 15.9 Å². The molecule has 1 amide bonds. The van der Waals surface area contributed by atoms with Crippen LogP contribution in [0.4, 0.5) is 0 Å². The summed E-state index contributed by atoms with van der Waals surface area (Å²) in [4.78, 5) is 11.1. The van der Waals surface area contributed by atoms with Gasteiger partial charge in [-0.05, 0) is 29.7 Å². The van der Waals surface area contributed by atoms with Crippen molar-refractivity contribution in [2.75, 3.05) is 11.5 Å². The van der Waals surface area contributed by atoms with E-state index in [1.54, 1.807) is 12.1 Å². The summed E-state index contributed by atoms with van der Waals surface area (Å²) in [5, 5.41) is 2.66. The molecule has 0 bridgehead atoms. The van der Waals surface area contributed by atoms with Crippen LogP contribution in [0, 0.1) is 0 Å². The van der Waals surface area contributed by atoms with Gasteiger partial charge >= 0.3 is 0 Å². The van der Waals surface area contributed by atoms with E-state index in [1.165, 1.54) is 23.4 Å². The topological polar surface area (TPSA) is 101 Å². The molecule has 1 heterocycles. The van der Waals surface area contributed by atoms with Gasteiger partial charge in [-0.3, -0.25) is 4.79 Å². The zero-order valence-corrected chi connectivity index (χ0v) is 17.7. The Morgan fingerprint density at radius 1 is 1.07 bits per heavy atom. The summed E-state index contributed by atoms with van der Waals surface area (Å²) in [6.07, 6.45) is 0.287. The van der Waals surface area contributed by atoms with E-state index < -0.39 is 25.9 Å². The molecule has 29 heavy (non-hydrogen) atoms. The van der Waals surface area contributed by atoms with Crippen molar-refractivity contribution in [2.45, 2.75) is 37.4 Å². The number of sulfonamides is 1. The van der Waals surface area contributed by atoms with Crippen LogP contribution in [0.3, 0.4) is 0 Å². The van der Waals surface area contributed by atoms with Crippen LogP contribution in [0.5, 0.6) is 0 Å². The van der Waals surface area contributed by atoms with E-state index in [9.17, 15) is 21.6 Å². The molecule has 0 aromatic heterocycles. The molecule has 1 atom stereocenters. The molecule has 0 spiro atoms. The predicted molar refractivity (Wildman–Crippen MR) is 110 cm³/mol. The number of sulfone groups is 1. The average Bonchev–Trinajstić information content (AvgIpc) is 3.04. The Bertz CT molecular complexity index is 1070. The SMILES string of the molecule is CC(=O)NCc1ccc(S(=O)(=O)N(Cc2ccccc2)[C@@H]2CCS(=O)(=O)C2)cc1. The number of nitrogens with one attached hydrogen (secondary N) is 1. The first kappa shape index (κ1) is 21.5. The van der Waals surface area contributed by atoms with Gasteiger partial charge in [0.1, 0.15) is 0 Å². The Kier molecular flexibility index (Phi) is 6.40. The van der Waals surface area contributed by atoms with Gasteiger partial charge in [-0.25, -0.2) is 16.8 Å². The van der Waals surface area contributed by atoms with E-state index in [-0.39, 0.29) is 35.3 Å². The van der Waals surface area contributed by atoms with Crippen molar-refractivity contribution in [2.24, 2.45) is 0 Å². The Morgan fingerprint density at radius 3 is 2.28 bits per heavy atom. The van der Waals surface area contributed by atoms with E-state index in [0.29, 0.717) is 6.54 Å². The Labute approximate surface area is 171 Å². The minimum atomic E-state index is -3.90. The van der Waals surface area contributed by atoms with Crippen LogP contribution >= 0.6 is 0 Å². The monoisotopic (exact) mass is 436 g/mol. The minimum absolute atomic E-state index is 0.00582. The first-order chi connectivity index (χ1) is 13.7. The van der Waals surface area contributed by atoms with Gasteiger partial charge in [0.05, 0.1) is 16.4 Å². The Hall–Kier alpha value is -2.23. The number of benzene rings is 2. The Morgan fingerprint density at radius 2 is 1.72 bits per heavy atom. The van der Waals surface area contributed by atoms with Gasteiger partial charge in [0.15, 0.2) is 9.84 Å². The maximum Gasteiger partial charge on any atom is 0.243 e. The number of carbonyl (C=O) groups excluding carboxylic acids is 1. The molecule has 2 aromatic rings. The molecule has 1 aliphatic heterocycles. The summed E-state index contributed by atoms with van der Waals surface area (Å²) < 4.78 is 52.0. The summed E-state index contributed by atoms with van der Waals surface area (Å²) >= 11 is 0. The largest absolute Gasteiger partial charge is 0.352 e. The number of hydrogen-bond acceptors (Lipinski definition) is 5. The summed E-state index contributed by atoms with van der Waals surface area (Å²) in [7, 11) is -7.14. The van der Waals surface area contributed by atoms with Crippen LogP contribution in [0.25, 0.3) is 0 Å². The van der Waals surface area contributed by atoms with Crippen molar-refractivity contribution in [1.82, 2.24) is 9.62 Å². The fraction of sp³-hybridized carbons (Fsp3) is 0.350. The lowest BCUT2D eigenvalue weighted by atomic mass is 10.2. The molecule has 156 valence electrons. The van der Waals surface area contributed by atoms with Crippen LogP contribution in [0.1, 0.15) is 24.5 Å². The second kappa shape index (κ2) is 8.64. The molecule has 2 aromatic carbocycles. The van der Waals surface area contributed by atoms with Crippen molar-refractivity contribution >= 4 is 25.8 Å². The number of amides is 1. The van der Waals surface area contributed by atoms with E-state index in [2.05, 4.69) is 5.32 Å². The lowest BCUT2D eigenvalue weighted by molar-refractivity contribution is -0.119. The van der Waals surface area contributed by atoms with Crippen molar-refractivity contribution < 1.29 is 21.6 Å². The summed E-state index contributed by atoms with van der Waals surface area (Å²) in [5.41, 5.74) is 1.57. The van der Waals surface area contributed by atoms with Gasteiger partial charge < -0.3 is 5.32 Å². The molecule has 9 heteroatoms. The summed E-state index contributed by atoms with van der Waals surface area (Å²) in [6.45, 7) is 1.83. The lowest BCUT2D eigenvalue weighted by Crippen LogP contribution is -2.40. The second-order valence-electron chi connectivity index (χ2n) is 7.15. The fourth-order valence-electron chi connectivity index (χ4n) is 3.32. The van der Waals surface area contributed by atoms with E-state index in [0.717, 1.165) is 11.1 Å². The van der Waals surface area contributed by atoms with Crippen LogP contribution in [-0.2, 0) is 37.7 Å². The molecular formula is C20H24N2O5S2. The van der Waals surface area contributed by atoms with E-state index in [1.807, 2.05) is 30.3 Å². The lowest BCUT2D eigenvalue weighted by Gasteiger charge is -2.27. The quantitative estimate of drug-likeness (QED) is 0.712. The van der Waals surface area contributed by atoms with Gasteiger partial charge in [-0.2, -0.15) is 4.31 Å². The molecule has 3 rings (SSSR count). The molecule has 1 N–H and O–H groups in total. The molecule has 0 radical (unpaired) electrons. The molecule has 0 saturated carbocycles. The summed E-state index contributed by atoms with van der Waals surface area (Å²) in [5.74, 6) is -0.341. The van der Waals surface area contributed by atoms with Gasteiger partial charge in [-0.15, -0.1) is 0 Å². The number of rotatable bonds is 7. The highest BCUT2D eigenvalue weighted by molar-refractivity contribution is 7.92. The van der Waals surface area contributed by atoms with E-state index >= 15 is 0 Å². The second-order valence-corrected chi connectivity index (χ2v) is 11.3. The number of carbonyl (C=O) groups is 1. The number of nitrogens with zero attached hydrogens (tertiary/aromatic N) is 1. The summed E-state index contributed by atoms with van der Waals surface area (Å²) in [6, 6.07) is 14.8. The molecule has 1 saturated heterocycles. The normalized spacial score (nSPS) is 18.6. The van der Waals surface area contributed by atoms with E-state index in [4.69, 9.17) is 0 Å². The molecule has 0 aliphatic carbocycles. The fourth-order valence-corrected chi connectivity index (χ4v) is 6.78. The standard InChI is InChI=1S/C20H24N2O5S2/c1-16(23)21-13-17-7-9-20(10-8-17)29(26,27)22(14-18-5-3-2-4-6-18)19-11-12-28(24,25)15-19/h2-10,19H,11-15H2,1H3,(H,21,23)/t19-/m1/s1. The maximum atomic E-state index is 13.4. The third kappa shape index (κ3) is 5.43. The average molecular weight is 437 g/mol. The van der Waals surface area contributed by atoms with Crippen molar-refractivity contribution in [1.29, 1.82) is 0 Å². The molecule has 0 unspecified atom stereocenters. The van der Waals surface area contributed by atoms with Crippen LogP contribution < -0.4 is 5.32 Å². The van der Waals surface area contributed by atoms with Crippen molar-refractivity contribution in [3.05, 3.63) is 65.7 Å². The molecule has 1 fully saturated rings. The first-order valence-electron chi connectivity index (χ1n) is 9.27. The maximum absolute atomic E-state index is 13.4. The third-order valence-electron chi connectivity index (χ3n) is 4.87. The van der Waals surface area contributed by atoms with Crippen LogP contribution in [0.2, 0.25) is 0 Å². The minimum Gasteiger partial charge on any atom is -0.352 e. The van der Waals surface area contributed by atoms with Crippen LogP contribution in [-0.4, -0.2) is 44.6 Å². The smallest absolute Gasteiger partial charge is 0.243 e. The Balaban J connectivity index is 1.90. The molecule has 7 nitrogen and oxygen atoms in total. The van der Waals surface area contributed by atoms with Gasteiger partial charge in [0.25, 0.3) is 0 Å².